The first-order valence-electron chi connectivity index (χ1n) is 7.63. The van der Waals surface area contributed by atoms with Crippen LogP contribution in [-0.2, 0) is 9.53 Å². The van der Waals surface area contributed by atoms with Crippen LogP contribution in [0.25, 0.3) is 0 Å². The third kappa shape index (κ3) is 6.55. The van der Waals surface area contributed by atoms with Crippen molar-refractivity contribution in [2.24, 2.45) is 0 Å². The molecule has 2 amide bonds. The number of rotatable bonds is 5. The molecule has 0 aromatic heterocycles. The van der Waals surface area contributed by atoms with E-state index in [1.165, 1.54) is 19.1 Å². The van der Waals surface area contributed by atoms with Crippen molar-refractivity contribution in [1.82, 2.24) is 10.6 Å². The fraction of sp³-hybridized carbons (Fsp3) is 0.389. The number of hydrogen-bond donors (Lipinski definition) is 3. The van der Waals surface area contributed by atoms with Crippen LogP contribution in [0.2, 0.25) is 0 Å². The average Bonchev–Trinajstić information content (AvgIpc) is 2.49. The van der Waals surface area contributed by atoms with Crippen LogP contribution in [0.1, 0.15) is 43.6 Å². The van der Waals surface area contributed by atoms with E-state index in [9.17, 15) is 19.5 Å². The maximum Gasteiger partial charge on any atom is 0.407 e. The minimum absolute atomic E-state index is 0.259. The van der Waals surface area contributed by atoms with Crippen molar-refractivity contribution >= 4 is 18.0 Å². The fourth-order valence-electron chi connectivity index (χ4n) is 1.92. The van der Waals surface area contributed by atoms with Crippen LogP contribution in [0.4, 0.5) is 4.79 Å². The number of carbonyl (C=O) groups is 3. The number of carboxylic acids is 1. The lowest BCUT2D eigenvalue weighted by Gasteiger charge is -2.25. The number of terminal acetylenes is 1. The molecule has 7 nitrogen and oxygen atoms in total. The summed E-state index contributed by atoms with van der Waals surface area (Å²) in [4.78, 5) is 35.4. The highest BCUT2D eigenvalue weighted by Gasteiger charge is 2.29. The Balaban J connectivity index is 2.78. The average molecular weight is 346 g/mol. The Morgan fingerprint density at radius 1 is 1.16 bits per heavy atom. The Morgan fingerprint density at radius 2 is 1.72 bits per heavy atom. The monoisotopic (exact) mass is 346 g/mol. The number of nitrogens with one attached hydrogen (secondary N) is 2. The minimum Gasteiger partial charge on any atom is -0.480 e. The number of amides is 2. The lowest BCUT2D eigenvalue weighted by atomic mass is 10.1. The molecule has 0 saturated heterocycles. The molecule has 0 spiro atoms. The molecule has 7 heteroatoms. The molecule has 134 valence electrons. The van der Waals surface area contributed by atoms with Crippen molar-refractivity contribution in [1.29, 1.82) is 0 Å². The highest BCUT2D eigenvalue weighted by Crippen LogP contribution is 2.08. The molecule has 25 heavy (non-hydrogen) atoms. The molecule has 2 atom stereocenters. The van der Waals surface area contributed by atoms with Crippen LogP contribution in [0, 0.1) is 12.3 Å². The van der Waals surface area contributed by atoms with Crippen molar-refractivity contribution in [3.8, 4) is 12.3 Å². The molecule has 0 radical (unpaired) electrons. The van der Waals surface area contributed by atoms with Crippen LogP contribution in [-0.4, -0.2) is 40.8 Å². The van der Waals surface area contributed by atoms with E-state index >= 15 is 0 Å². The minimum atomic E-state index is -1.33. The highest BCUT2D eigenvalue weighted by molar-refractivity contribution is 5.97. The van der Waals surface area contributed by atoms with E-state index in [1.54, 1.807) is 32.9 Å². The molecule has 1 unspecified atom stereocenters. The molecule has 1 rings (SSSR count). The van der Waals surface area contributed by atoms with E-state index in [1.807, 2.05) is 0 Å². The second kappa shape index (κ2) is 8.20. The van der Waals surface area contributed by atoms with Gasteiger partial charge in [-0.2, -0.15) is 0 Å². The molecular formula is C18H22N2O5. The summed E-state index contributed by atoms with van der Waals surface area (Å²) in [5.41, 5.74) is 0.144. The summed E-state index contributed by atoms with van der Waals surface area (Å²) in [7, 11) is 0. The molecule has 0 aliphatic rings. The summed E-state index contributed by atoms with van der Waals surface area (Å²) >= 11 is 0. The predicted octanol–water partition coefficient (Wildman–Crippen LogP) is 1.76. The van der Waals surface area contributed by atoms with Gasteiger partial charge in [0, 0.05) is 11.1 Å². The normalized spacial score (nSPS) is 13.1. The van der Waals surface area contributed by atoms with Crippen molar-refractivity contribution in [2.75, 3.05) is 0 Å². The molecule has 0 saturated carbocycles. The SMILES string of the molecule is C#Cc1ccc(C(=O)N[C@H](C(=O)O)C(C)NC(=O)OC(C)(C)C)cc1. The Kier molecular flexibility index (Phi) is 6.57. The summed E-state index contributed by atoms with van der Waals surface area (Å²) in [6, 6.07) is 3.93. The summed E-state index contributed by atoms with van der Waals surface area (Å²) in [5, 5.41) is 14.1. The van der Waals surface area contributed by atoms with E-state index in [0.717, 1.165) is 0 Å². The summed E-state index contributed by atoms with van der Waals surface area (Å²) in [6.45, 7) is 6.53. The number of carbonyl (C=O) groups excluding carboxylic acids is 2. The predicted molar refractivity (Wildman–Crippen MR) is 92.1 cm³/mol. The van der Waals surface area contributed by atoms with Gasteiger partial charge in [0.25, 0.3) is 5.91 Å². The van der Waals surface area contributed by atoms with Crippen molar-refractivity contribution < 1.29 is 24.2 Å². The van der Waals surface area contributed by atoms with E-state index < -0.39 is 35.7 Å². The fourth-order valence-corrected chi connectivity index (χ4v) is 1.92. The van der Waals surface area contributed by atoms with E-state index in [-0.39, 0.29) is 5.56 Å². The zero-order chi connectivity index (χ0) is 19.2. The van der Waals surface area contributed by atoms with Gasteiger partial charge in [0.15, 0.2) is 0 Å². The van der Waals surface area contributed by atoms with Gasteiger partial charge in [-0.15, -0.1) is 6.42 Å². The van der Waals surface area contributed by atoms with Crippen molar-refractivity contribution in [3.05, 3.63) is 35.4 Å². The molecule has 0 heterocycles. The summed E-state index contributed by atoms with van der Waals surface area (Å²) in [5.74, 6) is 0.554. The van der Waals surface area contributed by atoms with Gasteiger partial charge >= 0.3 is 12.1 Å². The largest absolute Gasteiger partial charge is 0.480 e. The zero-order valence-electron chi connectivity index (χ0n) is 14.6. The smallest absolute Gasteiger partial charge is 0.407 e. The lowest BCUT2D eigenvalue weighted by molar-refractivity contribution is -0.139. The molecule has 0 fully saturated rings. The number of benzene rings is 1. The van der Waals surface area contributed by atoms with Crippen LogP contribution in [0.3, 0.4) is 0 Å². The molecule has 0 aliphatic carbocycles. The first-order chi connectivity index (χ1) is 11.5. The lowest BCUT2D eigenvalue weighted by Crippen LogP contribution is -2.54. The Bertz CT molecular complexity index is 683. The molecule has 3 N–H and O–H groups in total. The van der Waals surface area contributed by atoms with Gasteiger partial charge in [0.05, 0.1) is 6.04 Å². The quantitative estimate of drug-likeness (QED) is 0.705. The first kappa shape index (κ1) is 20.0. The maximum atomic E-state index is 12.2. The van der Waals surface area contributed by atoms with Gasteiger partial charge in [0.2, 0.25) is 0 Å². The third-order valence-electron chi connectivity index (χ3n) is 3.11. The van der Waals surface area contributed by atoms with Gasteiger partial charge in [-0.1, -0.05) is 5.92 Å². The first-order valence-corrected chi connectivity index (χ1v) is 7.63. The maximum absolute atomic E-state index is 12.2. The number of hydrogen-bond acceptors (Lipinski definition) is 4. The van der Waals surface area contributed by atoms with Gasteiger partial charge in [-0.3, -0.25) is 4.79 Å². The van der Waals surface area contributed by atoms with Gasteiger partial charge < -0.3 is 20.5 Å². The molecule has 1 aromatic carbocycles. The molecule has 1 aromatic rings. The molecular weight excluding hydrogens is 324 g/mol. The van der Waals surface area contributed by atoms with Crippen LogP contribution >= 0.6 is 0 Å². The Morgan fingerprint density at radius 3 is 2.16 bits per heavy atom. The topological polar surface area (TPSA) is 105 Å². The standard InChI is InChI=1S/C18H22N2O5/c1-6-12-7-9-13(10-8-12)15(21)20-14(16(22)23)11(2)19-17(24)25-18(3,4)5/h1,7-11,14H,2-5H3,(H,19,24)(H,20,21)(H,22,23)/t11?,14-/m0/s1. The van der Waals surface area contributed by atoms with Crippen LogP contribution in [0.5, 0.6) is 0 Å². The number of carboxylic acid groups (broad SMARTS) is 1. The van der Waals surface area contributed by atoms with E-state index in [0.29, 0.717) is 5.56 Å². The summed E-state index contributed by atoms with van der Waals surface area (Å²) in [6.07, 6.45) is 4.48. The van der Waals surface area contributed by atoms with Crippen LogP contribution in [0.15, 0.2) is 24.3 Å². The van der Waals surface area contributed by atoms with E-state index in [2.05, 4.69) is 16.6 Å². The zero-order valence-corrected chi connectivity index (χ0v) is 14.6. The van der Waals surface area contributed by atoms with Crippen LogP contribution < -0.4 is 10.6 Å². The van der Waals surface area contributed by atoms with Crippen molar-refractivity contribution in [2.45, 2.75) is 45.4 Å². The second-order valence-electron chi connectivity index (χ2n) is 6.45. The van der Waals surface area contributed by atoms with Gasteiger partial charge in [0.1, 0.15) is 11.6 Å². The summed E-state index contributed by atoms with van der Waals surface area (Å²) < 4.78 is 5.08. The van der Waals surface area contributed by atoms with Crippen molar-refractivity contribution in [3.63, 3.8) is 0 Å². The number of alkyl carbamates (subject to hydrolysis) is 1. The Hall–Kier alpha value is -3.01. The number of aliphatic carboxylic acids is 1. The highest BCUT2D eigenvalue weighted by atomic mass is 16.6. The Labute approximate surface area is 146 Å². The number of ether oxygens (including phenoxy) is 1. The second-order valence-corrected chi connectivity index (χ2v) is 6.45. The molecule has 0 aliphatic heterocycles. The third-order valence-corrected chi connectivity index (χ3v) is 3.11. The van der Waals surface area contributed by atoms with E-state index in [4.69, 9.17) is 11.2 Å². The van der Waals surface area contributed by atoms with Gasteiger partial charge in [-0.25, -0.2) is 9.59 Å². The van der Waals surface area contributed by atoms with Gasteiger partial charge in [-0.05, 0) is 52.0 Å². The molecule has 0 bridgehead atoms.